The Balaban J connectivity index is 2.71. The monoisotopic (exact) mass is 300 g/mol. The topological polar surface area (TPSA) is 87.7 Å². The molecule has 1 rings (SSSR count). The molecule has 0 aliphatic heterocycles. The number of nitrogens with one attached hydrogen (secondary N) is 2. The molecule has 2 amide bonds. The minimum absolute atomic E-state index is 0.0720. The summed E-state index contributed by atoms with van der Waals surface area (Å²) in [5.41, 5.74) is 0.0234. The number of hydrogen-bond acceptors (Lipinski definition) is 3. The summed E-state index contributed by atoms with van der Waals surface area (Å²) in [7, 11) is 1.58. The number of hydrogen-bond donors (Lipinski definition) is 3. The first kappa shape index (κ1) is 16.3. The lowest BCUT2D eigenvalue weighted by Crippen LogP contribution is -2.37. The molecule has 3 N–H and O–H groups in total. The largest absolute Gasteiger partial charge is 0.478 e. The highest BCUT2D eigenvalue weighted by Gasteiger charge is 2.16. The fourth-order valence-corrected chi connectivity index (χ4v) is 1.85. The zero-order chi connectivity index (χ0) is 15.1. The third-order valence-corrected chi connectivity index (χ3v) is 2.92. The van der Waals surface area contributed by atoms with Crippen LogP contribution in [-0.4, -0.2) is 36.9 Å². The van der Waals surface area contributed by atoms with E-state index in [1.807, 2.05) is 6.92 Å². The van der Waals surface area contributed by atoms with Crippen molar-refractivity contribution in [2.24, 2.45) is 0 Å². The lowest BCUT2D eigenvalue weighted by molar-refractivity contribution is 0.0698. The van der Waals surface area contributed by atoms with E-state index in [0.29, 0.717) is 13.0 Å². The van der Waals surface area contributed by atoms with Crippen molar-refractivity contribution in [1.29, 1.82) is 0 Å². The molecule has 0 saturated heterocycles. The quantitative estimate of drug-likeness (QED) is 0.753. The summed E-state index contributed by atoms with van der Waals surface area (Å²) in [6, 6.07) is 3.92. The lowest BCUT2D eigenvalue weighted by atomic mass is 10.2. The van der Waals surface area contributed by atoms with Gasteiger partial charge in [0, 0.05) is 19.8 Å². The van der Waals surface area contributed by atoms with E-state index in [4.69, 9.17) is 21.4 Å². The van der Waals surface area contributed by atoms with Gasteiger partial charge in [-0.2, -0.15) is 0 Å². The van der Waals surface area contributed by atoms with Crippen molar-refractivity contribution < 1.29 is 19.4 Å². The Morgan fingerprint density at radius 2 is 2.15 bits per heavy atom. The maximum atomic E-state index is 11.8. The molecule has 0 saturated carbocycles. The zero-order valence-corrected chi connectivity index (χ0v) is 12.0. The molecule has 0 aliphatic rings. The molecule has 20 heavy (non-hydrogen) atoms. The highest BCUT2D eigenvalue weighted by molar-refractivity contribution is 6.34. The van der Waals surface area contributed by atoms with Crippen LogP contribution in [0.5, 0.6) is 0 Å². The van der Waals surface area contributed by atoms with Gasteiger partial charge in [-0.15, -0.1) is 0 Å². The Kier molecular flexibility index (Phi) is 6.27. The number of carboxylic acids is 1. The summed E-state index contributed by atoms with van der Waals surface area (Å²) in [6.07, 6.45) is 0.658. The number of benzene rings is 1. The van der Waals surface area contributed by atoms with E-state index in [1.54, 1.807) is 13.2 Å². The van der Waals surface area contributed by atoms with Crippen molar-refractivity contribution in [3.8, 4) is 0 Å². The molecule has 1 aromatic carbocycles. The fourth-order valence-electron chi connectivity index (χ4n) is 1.59. The molecule has 0 aromatic heterocycles. The molecule has 1 unspecified atom stereocenters. The van der Waals surface area contributed by atoms with Gasteiger partial charge in [0.2, 0.25) is 0 Å². The van der Waals surface area contributed by atoms with E-state index in [-0.39, 0.29) is 22.3 Å². The third-order valence-electron chi connectivity index (χ3n) is 2.61. The first-order valence-corrected chi connectivity index (χ1v) is 6.41. The first-order chi connectivity index (χ1) is 9.45. The van der Waals surface area contributed by atoms with Gasteiger partial charge in [-0.05, 0) is 25.5 Å². The maximum absolute atomic E-state index is 11.8. The van der Waals surface area contributed by atoms with Crippen LogP contribution >= 0.6 is 11.6 Å². The van der Waals surface area contributed by atoms with Gasteiger partial charge in [-0.3, -0.25) is 0 Å². The number of ether oxygens (including phenoxy) is 1. The molecule has 7 heteroatoms. The van der Waals surface area contributed by atoms with Crippen LogP contribution < -0.4 is 10.6 Å². The number of aromatic carboxylic acids is 1. The Hall–Kier alpha value is -1.79. The summed E-state index contributed by atoms with van der Waals surface area (Å²) >= 11 is 5.81. The predicted molar refractivity (Wildman–Crippen MR) is 76.5 cm³/mol. The minimum atomic E-state index is -1.20. The smallest absolute Gasteiger partial charge is 0.339 e. The van der Waals surface area contributed by atoms with Gasteiger partial charge in [0.1, 0.15) is 5.56 Å². The van der Waals surface area contributed by atoms with Gasteiger partial charge in [0.25, 0.3) is 0 Å². The van der Waals surface area contributed by atoms with Gasteiger partial charge in [-0.1, -0.05) is 17.7 Å². The van der Waals surface area contributed by atoms with Crippen LogP contribution in [0, 0.1) is 0 Å². The van der Waals surface area contributed by atoms with Crippen LogP contribution in [0.2, 0.25) is 5.02 Å². The number of urea groups is 1. The molecular weight excluding hydrogens is 284 g/mol. The fraction of sp³-hybridized carbons (Fsp3) is 0.385. The van der Waals surface area contributed by atoms with Crippen LogP contribution in [0.4, 0.5) is 10.5 Å². The molecular formula is C13H17ClN2O4. The van der Waals surface area contributed by atoms with Crippen LogP contribution in [0.1, 0.15) is 23.7 Å². The summed E-state index contributed by atoms with van der Waals surface area (Å²) in [5.74, 6) is -1.20. The molecule has 1 atom stereocenters. The van der Waals surface area contributed by atoms with E-state index >= 15 is 0 Å². The van der Waals surface area contributed by atoms with Gasteiger partial charge in [-0.25, -0.2) is 9.59 Å². The summed E-state index contributed by atoms with van der Waals surface area (Å²) in [4.78, 5) is 22.9. The van der Waals surface area contributed by atoms with Crippen molar-refractivity contribution in [3.05, 3.63) is 28.8 Å². The lowest BCUT2D eigenvalue weighted by Gasteiger charge is -2.15. The summed E-state index contributed by atoms with van der Waals surface area (Å²) < 4.78 is 4.91. The number of methoxy groups -OCH3 is 1. The SMILES string of the molecule is COCCC(C)NC(=O)Nc1cccc(Cl)c1C(=O)O. The number of halogens is 1. The molecule has 110 valence electrons. The van der Waals surface area contributed by atoms with E-state index < -0.39 is 12.0 Å². The second kappa shape index (κ2) is 7.72. The first-order valence-electron chi connectivity index (χ1n) is 6.04. The summed E-state index contributed by atoms with van der Waals surface area (Å²) in [6.45, 7) is 2.35. The second-order valence-corrected chi connectivity index (χ2v) is 4.66. The van der Waals surface area contributed by atoms with Gasteiger partial charge < -0.3 is 20.5 Å². The number of carbonyl (C=O) groups excluding carboxylic acids is 1. The maximum Gasteiger partial charge on any atom is 0.339 e. The zero-order valence-electron chi connectivity index (χ0n) is 11.3. The predicted octanol–water partition coefficient (Wildman–Crippen LogP) is 2.58. The standard InChI is InChI=1S/C13H17ClN2O4/c1-8(6-7-20-2)15-13(19)16-10-5-3-4-9(14)11(10)12(17)18/h3-5,8H,6-7H2,1-2H3,(H,17,18)(H2,15,16,19). The van der Waals surface area contributed by atoms with E-state index in [0.717, 1.165) is 0 Å². The Morgan fingerprint density at radius 1 is 1.45 bits per heavy atom. The molecule has 6 nitrogen and oxygen atoms in total. The number of carbonyl (C=O) groups is 2. The number of amides is 2. The van der Waals surface area contributed by atoms with Gasteiger partial charge in [0.15, 0.2) is 0 Å². The Morgan fingerprint density at radius 3 is 2.75 bits per heavy atom. The molecule has 0 aliphatic carbocycles. The van der Waals surface area contributed by atoms with Gasteiger partial charge >= 0.3 is 12.0 Å². The number of carboxylic acid groups (broad SMARTS) is 1. The highest BCUT2D eigenvalue weighted by Crippen LogP contribution is 2.24. The molecule has 0 fully saturated rings. The van der Waals surface area contributed by atoms with E-state index in [2.05, 4.69) is 10.6 Å². The van der Waals surface area contributed by atoms with Crippen molar-refractivity contribution >= 4 is 29.3 Å². The van der Waals surface area contributed by atoms with E-state index in [1.165, 1.54) is 12.1 Å². The Labute approximate surface area is 122 Å². The van der Waals surface area contributed by atoms with Gasteiger partial charge in [0.05, 0.1) is 10.7 Å². The summed E-state index contributed by atoms with van der Waals surface area (Å²) in [5, 5.41) is 14.3. The second-order valence-electron chi connectivity index (χ2n) is 4.25. The molecule has 0 spiro atoms. The van der Waals surface area contributed by atoms with Crippen molar-refractivity contribution in [1.82, 2.24) is 5.32 Å². The normalized spacial score (nSPS) is 11.8. The average molecular weight is 301 g/mol. The third kappa shape index (κ3) is 4.71. The molecule has 0 heterocycles. The molecule has 0 bridgehead atoms. The van der Waals surface area contributed by atoms with Crippen LogP contribution in [0.25, 0.3) is 0 Å². The molecule has 1 aromatic rings. The van der Waals surface area contributed by atoms with Crippen LogP contribution in [0.15, 0.2) is 18.2 Å². The van der Waals surface area contributed by atoms with E-state index in [9.17, 15) is 9.59 Å². The van der Waals surface area contributed by atoms with Crippen molar-refractivity contribution in [3.63, 3.8) is 0 Å². The van der Waals surface area contributed by atoms with Crippen molar-refractivity contribution in [2.45, 2.75) is 19.4 Å². The molecule has 0 radical (unpaired) electrons. The van der Waals surface area contributed by atoms with Crippen LogP contribution in [0.3, 0.4) is 0 Å². The van der Waals surface area contributed by atoms with Crippen molar-refractivity contribution in [2.75, 3.05) is 19.0 Å². The average Bonchev–Trinajstić information content (AvgIpc) is 2.35. The minimum Gasteiger partial charge on any atom is -0.478 e. The Bertz CT molecular complexity index is 493. The number of anilines is 1. The number of rotatable bonds is 6. The highest BCUT2D eigenvalue weighted by atomic mass is 35.5. The van der Waals surface area contributed by atoms with Crippen LogP contribution in [-0.2, 0) is 4.74 Å².